The van der Waals surface area contributed by atoms with Crippen LogP contribution in [0.2, 0.25) is 0 Å². The van der Waals surface area contributed by atoms with E-state index in [0.717, 1.165) is 30.0 Å². The number of anilines is 2. The molecule has 0 spiro atoms. The van der Waals surface area contributed by atoms with E-state index < -0.39 is 56.4 Å². The van der Waals surface area contributed by atoms with Crippen molar-refractivity contribution in [2.45, 2.75) is 90.2 Å². The molecule has 0 radical (unpaired) electrons. The number of pyridine rings is 1. The number of carbonyl (C=O) groups excluding carboxylic acids is 1. The summed E-state index contributed by atoms with van der Waals surface area (Å²) in [4.78, 5) is 33.9. The van der Waals surface area contributed by atoms with Crippen molar-refractivity contribution in [3.8, 4) is 5.88 Å². The smallest absolute Gasteiger partial charge is 0.410 e. The molecular formula is C38H53F3N6O7S. The molecule has 17 heteroatoms. The van der Waals surface area contributed by atoms with E-state index in [1.54, 1.807) is 38.7 Å². The molecule has 2 aliphatic heterocycles. The maximum atomic E-state index is 16.3. The Morgan fingerprint density at radius 2 is 1.71 bits per heavy atom. The number of nitrogens with one attached hydrogen (secondary N) is 1. The summed E-state index contributed by atoms with van der Waals surface area (Å²) in [5.74, 6) is -5.39. The first-order valence-electron chi connectivity index (χ1n) is 18.9. The average Bonchev–Trinajstić information content (AvgIpc) is 3.12. The fraction of sp³-hybridized carbons (Fsp3) is 0.632. The van der Waals surface area contributed by atoms with Crippen molar-refractivity contribution in [1.29, 1.82) is 0 Å². The highest BCUT2D eigenvalue weighted by Crippen LogP contribution is 2.44. The Hall–Kier alpha value is -4.12. The number of likely N-dealkylation sites (tertiary alicyclic amines) is 1. The Morgan fingerprint density at radius 3 is 2.36 bits per heavy atom. The number of amides is 1. The van der Waals surface area contributed by atoms with Crippen LogP contribution in [0.15, 0.2) is 29.1 Å². The van der Waals surface area contributed by atoms with Crippen LogP contribution in [0.3, 0.4) is 0 Å². The minimum absolute atomic E-state index is 0.0366. The zero-order chi connectivity index (χ0) is 40.1. The SMILES string of the molecule is C[C@@H](Nc1nn(C)c(=O)c2c(OCCCCCCCO)nc(N3CCS(=O)(=O)CC3)cc12)c1cccc(C(F)(F)C2CCN(C(=O)OC(C)(C)C)CC2)c1F. The van der Waals surface area contributed by atoms with Gasteiger partial charge in [0.2, 0.25) is 5.88 Å². The molecule has 1 amide bonds. The highest BCUT2D eigenvalue weighted by atomic mass is 32.2. The summed E-state index contributed by atoms with van der Waals surface area (Å²) in [5.41, 5.74) is -2.01. The van der Waals surface area contributed by atoms with E-state index in [0.29, 0.717) is 24.0 Å². The molecule has 0 aliphatic carbocycles. The Bertz CT molecular complexity index is 1980. The van der Waals surface area contributed by atoms with Gasteiger partial charge in [0.05, 0.1) is 29.7 Å². The predicted octanol–water partition coefficient (Wildman–Crippen LogP) is 5.94. The number of unbranched alkanes of at least 4 members (excludes halogenated alkanes) is 4. The number of aryl methyl sites for hydroxylation is 1. The second-order valence-electron chi connectivity index (χ2n) is 15.4. The predicted molar refractivity (Wildman–Crippen MR) is 204 cm³/mol. The first-order chi connectivity index (χ1) is 25.9. The van der Waals surface area contributed by atoms with Crippen LogP contribution in [-0.4, -0.2) is 95.8 Å². The molecule has 2 N–H and O–H groups in total. The fourth-order valence-corrected chi connectivity index (χ4v) is 8.14. The number of carbonyl (C=O) groups is 1. The molecular weight excluding hydrogens is 742 g/mol. The molecule has 0 bridgehead atoms. The third-order valence-corrected chi connectivity index (χ3v) is 11.7. The molecule has 1 atom stereocenters. The lowest BCUT2D eigenvalue weighted by Crippen LogP contribution is -2.44. The van der Waals surface area contributed by atoms with E-state index >= 15 is 13.2 Å². The zero-order valence-electron chi connectivity index (χ0n) is 32.2. The quantitative estimate of drug-likeness (QED) is 0.187. The van der Waals surface area contributed by atoms with Crippen LogP contribution in [0.25, 0.3) is 10.8 Å². The van der Waals surface area contributed by atoms with Crippen LogP contribution in [0, 0.1) is 11.7 Å². The van der Waals surface area contributed by atoms with Gasteiger partial charge in [-0.15, -0.1) is 0 Å². The molecule has 0 unspecified atom stereocenters. The second-order valence-corrected chi connectivity index (χ2v) is 17.7. The first-order valence-corrected chi connectivity index (χ1v) is 20.8. The summed E-state index contributed by atoms with van der Waals surface area (Å²) in [6.07, 6.45) is 3.34. The Labute approximate surface area is 320 Å². The lowest BCUT2D eigenvalue weighted by Gasteiger charge is -2.37. The lowest BCUT2D eigenvalue weighted by molar-refractivity contribution is -0.0885. The van der Waals surface area contributed by atoms with E-state index in [1.807, 2.05) is 0 Å². The van der Waals surface area contributed by atoms with Gasteiger partial charge < -0.3 is 29.7 Å². The summed E-state index contributed by atoms with van der Waals surface area (Å²) < 4.78 is 85.4. The molecule has 1 aromatic carbocycles. The monoisotopic (exact) mass is 794 g/mol. The number of hydrogen-bond donors (Lipinski definition) is 2. The highest BCUT2D eigenvalue weighted by Gasteiger charge is 2.46. The molecule has 55 heavy (non-hydrogen) atoms. The highest BCUT2D eigenvalue weighted by molar-refractivity contribution is 7.91. The van der Waals surface area contributed by atoms with Crippen LogP contribution in [0.5, 0.6) is 5.88 Å². The normalized spacial score (nSPS) is 17.3. The van der Waals surface area contributed by atoms with Gasteiger partial charge in [0, 0.05) is 56.7 Å². The number of halogens is 3. The number of aliphatic hydroxyl groups excluding tert-OH is 1. The number of fused-ring (bicyclic) bond motifs is 1. The largest absolute Gasteiger partial charge is 0.477 e. The summed E-state index contributed by atoms with van der Waals surface area (Å²) in [6.45, 7) is 7.63. The average molecular weight is 795 g/mol. The number of nitrogens with zero attached hydrogens (tertiary/aromatic N) is 5. The number of alkyl halides is 2. The molecule has 2 aromatic heterocycles. The van der Waals surface area contributed by atoms with Crippen LogP contribution < -0.4 is 20.5 Å². The summed E-state index contributed by atoms with van der Waals surface area (Å²) in [5, 5.41) is 17.0. The number of aliphatic hydroxyl groups is 1. The standard InChI is InChI=1S/C38H53F3N6O7S/c1-25(27-12-11-13-29(32(27)39)38(40,41)26-14-16-47(17-15-26)36(50)54-37(2,3)4)42-33-28-24-30(46-18-22-55(51,52)23-19-46)43-34(31(28)35(49)45(5)44-33)53-21-10-8-6-7-9-20-48/h11-13,24-26,48H,6-10,14-23H2,1-5H3,(H,42,44)/t25-/m1/s1. The Kier molecular flexibility index (Phi) is 13.3. The molecule has 0 saturated carbocycles. The molecule has 2 fully saturated rings. The number of hydrogen-bond acceptors (Lipinski definition) is 11. The summed E-state index contributed by atoms with van der Waals surface area (Å²) in [6, 6.07) is 4.59. The molecule has 13 nitrogen and oxygen atoms in total. The maximum Gasteiger partial charge on any atom is 0.410 e. The molecule has 4 heterocycles. The van der Waals surface area contributed by atoms with Gasteiger partial charge in [-0.25, -0.2) is 31.1 Å². The topological polar surface area (TPSA) is 156 Å². The van der Waals surface area contributed by atoms with E-state index in [-0.39, 0.29) is 86.4 Å². The number of rotatable bonds is 14. The van der Waals surface area contributed by atoms with E-state index in [9.17, 15) is 18.0 Å². The van der Waals surface area contributed by atoms with Crippen molar-refractivity contribution in [1.82, 2.24) is 19.7 Å². The van der Waals surface area contributed by atoms with Crippen LogP contribution >= 0.6 is 0 Å². The molecule has 2 aliphatic rings. The number of aromatic nitrogens is 3. The number of benzene rings is 1. The van der Waals surface area contributed by atoms with Crippen LogP contribution in [0.1, 0.15) is 89.8 Å². The van der Waals surface area contributed by atoms with Gasteiger partial charge in [0.1, 0.15) is 22.6 Å². The van der Waals surface area contributed by atoms with Gasteiger partial charge in [-0.2, -0.15) is 10.1 Å². The van der Waals surface area contributed by atoms with Gasteiger partial charge in [-0.1, -0.05) is 37.5 Å². The number of piperidine rings is 1. The second kappa shape index (κ2) is 17.3. The van der Waals surface area contributed by atoms with Crippen molar-refractivity contribution in [2.24, 2.45) is 13.0 Å². The summed E-state index contributed by atoms with van der Waals surface area (Å²) in [7, 11) is -1.77. The van der Waals surface area contributed by atoms with Crippen molar-refractivity contribution >= 4 is 38.3 Å². The van der Waals surface area contributed by atoms with Crippen molar-refractivity contribution in [3.63, 3.8) is 0 Å². The fourth-order valence-electron chi connectivity index (χ4n) is 6.94. The van der Waals surface area contributed by atoms with E-state index in [1.165, 1.54) is 24.1 Å². The molecule has 2 saturated heterocycles. The number of sulfone groups is 1. The van der Waals surface area contributed by atoms with Gasteiger partial charge in [0.15, 0.2) is 15.7 Å². The minimum atomic E-state index is -3.53. The third-order valence-electron chi connectivity index (χ3n) is 10.1. The summed E-state index contributed by atoms with van der Waals surface area (Å²) >= 11 is 0. The van der Waals surface area contributed by atoms with Gasteiger partial charge in [-0.3, -0.25) is 4.79 Å². The van der Waals surface area contributed by atoms with Gasteiger partial charge in [-0.05, 0) is 59.4 Å². The lowest BCUT2D eigenvalue weighted by atomic mass is 9.85. The zero-order valence-corrected chi connectivity index (χ0v) is 33.1. The first kappa shape index (κ1) is 42.0. The molecule has 3 aromatic rings. The van der Waals surface area contributed by atoms with Gasteiger partial charge >= 0.3 is 6.09 Å². The van der Waals surface area contributed by atoms with Crippen molar-refractivity contribution in [2.75, 3.05) is 61.1 Å². The van der Waals surface area contributed by atoms with Crippen molar-refractivity contribution < 1.29 is 41.0 Å². The Morgan fingerprint density at radius 1 is 1.05 bits per heavy atom. The molecule has 5 rings (SSSR count). The van der Waals surface area contributed by atoms with E-state index in [4.69, 9.17) is 14.6 Å². The van der Waals surface area contributed by atoms with Crippen LogP contribution in [0.4, 0.5) is 29.6 Å². The van der Waals surface area contributed by atoms with E-state index in [2.05, 4.69) is 15.4 Å². The number of ether oxygens (including phenoxy) is 2. The van der Waals surface area contributed by atoms with Crippen molar-refractivity contribution in [3.05, 3.63) is 51.6 Å². The van der Waals surface area contributed by atoms with Gasteiger partial charge in [0.25, 0.3) is 11.5 Å². The third kappa shape index (κ3) is 10.2. The van der Waals surface area contributed by atoms with Crippen LogP contribution in [-0.2, 0) is 27.5 Å². The molecule has 304 valence electrons. The minimum Gasteiger partial charge on any atom is -0.477 e. The maximum absolute atomic E-state index is 16.3. The Balaban J connectivity index is 1.42.